The van der Waals surface area contributed by atoms with Crippen molar-refractivity contribution in [1.29, 1.82) is 0 Å². The summed E-state index contributed by atoms with van der Waals surface area (Å²) in [5.41, 5.74) is -2.97. The fourth-order valence-corrected chi connectivity index (χ4v) is 2.91. The van der Waals surface area contributed by atoms with Crippen molar-refractivity contribution in [2.45, 2.75) is 12.4 Å². The first-order chi connectivity index (χ1) is 12.6. The van der Waals surface area contributed by atoms with Crippen LogP contribution in [0.5, 0.6) is 0 Å². The van der Waals surface area contributed by atoms with Gasteiger partial charge in [-0.05, 0) is 29.8 Å². The van der Waals surface area contributed by atoms with Gasteiger partial charge in [0.05, 0.1) is 16.8 Å². The maximum absolute atomic E-state index is 13.4. The number of hydrogen-bond acceptors (Lipinski definition) is 1. The summed E-state index contributed by atoms with van der Waals surface area (Å²) in [5.74, 6) is 0. The third-order valence-electron chi connectivity index (χ3n) is 3.87. The summed E-state index contributed by atoms with van der Waals surface area (Å²) in [6.07, 6.45) is -9.39. The van der Waals surface area contributed by atoms with Gasteiger partial charge in [0.25, 0.3) is 0 Å². The van der Waals surface area contributed by atoms with Gasteiger partial charge in [-0.3, -0.25) is 0 Å². The number of nitrogens with zero attached hydrogens (tertiary/aromatic N) is 1. The van der Waals surface area contributed by atoms with E-state index in [2.05, 4.69) is 4.98 Å². The van der Waals surface area contributed by atoms with Gasteiger partial charge in [0.2, 0.25) is 0 Å². The Labute approximate surface area is 155 Å². The maximum Gasteiger partial charge on any atom is 0.417 e. The Bertz CT molecular complexity index is 978. The average Bonchev–Trinajstić information content (AvgIpc) is 2.60. The van der Waals surface area contributed by atoms with E-state index in [1.54, 1.807) is 0 Å². The largest absolute Gasteiger partial charge is 0.417 e. The average molecular weight is 402 g/mol. The first-order valence-electron chi connectivity index (χ1n) is 7.59. The van der Waals surface area contributed by atoms with Crippen LogP contribution in [0.1, 0.15) is 11.1 Å². The molecule has 1 aromatic heterocycles. The first-order valence-corrected chi connectivity index (χ1v) is 7.96. The standard InChI is InChI=1S/C19H10ClF6N/c20-16-10-9-12(11-5-1-3-7-14(11)18(21,22)23)17(27-16)13-6-2-4-8-15(13)19(24,25)26/h1-10H. The molecule has 0 aliphatic rings. The van der Waals surface area contributed by atoms with E-state index in [4.69, 9.17) is 11.6 Å². The Balaban J connectivity index is 2.34. The molecule has 2 aromatic carbocycles. The summed E-state index contributed by atoms with van der Waals surface area (Å²) in [5, 5.41) is -0.129. The predicted molar refractivity (Wildman–Crippen MR) is 90.1 cm³/mol. The van der Waals surface area contributed by atoms with Gasteiger partial charge in [0.15, 0.2) is 0 Å². The Morgan fingerprint density at radius 1 is 0.593 bits per heavy atom. The van der Waals surface area contributed by atoms with Crippen molar-refractivity contribution in [2.24, 2.45) is 0 Å². The molecule has 8 heteroatoms. The summed E-state index contributed by atoms with van der Waals surface area (Å²) in [4.78, 5) is 3.92. The maximum atomic E-state index is 13.4. The topological polar surface area (TPSA) is 12.9 Å². The lowest BCUT2D eigenvalue weighted by molar-refractivity contribution is -0.138. The molecule has 0 bridgehead atoms. The Kier molecular flexibility index (Phi) is 4.90. The summed E-state index contributed by atoms with van der Waals surface area (Å²) < 4.78 is 80.4. The lowest BCUT2D eigenvalue weighted by Gasteiger charge is -2.18. The number of hydrogen-bond donors (Lipinski definition) is 0. The fourth-order valence-electron chi connectivity index (χ4n) is 2.76. The molecule has 0 atom stereocenters. The van der Waals surface area contributed by atoms with Gasteiger partial charge in [0, 0.05) is 11.1 Å². The summed E-state index contributed by atoms with van der Waals surface area (Å²) in [6, 6.07) is 11.7. The van der Waals surface area contributed by atoms with Crippen molar-refractivity contribution >= 4 is 11.6 Å². The molecule has 1 heterocycles. The summed E-state index contributed by atoms with van der Waals surface area (Å²) in [6.45, 7) is 0. The van der Waals surface area contributed by atoms with Crippen molar-refractivity contribution < 1.29 is 26.3 Å². The number of aromatic nitrogens is 1. The van der Waals surface area contributed by atoms with E-state index in [0.29, 0.717) is 0 Å². The van der Waals surface area contributed by atoms with E-state index in [0.717, 1.165) is 18.2 Å². The van der Waals surface area contributed by atoms with Gasteiger partial charge < -0.3 is 0 Å². The lowest BCUT2D eigenvalue weighted by atomic mass is 9.93. The van der Waals surface area contributed by atoms with Crippen LogP contribution in [0.25, 0.3) is 22.4 Å². The minimum atomic E-state index is -4.71. The number of pyridine rings is 1. The van der Waals surface area contributed by atoms with Crippen molar-refractivity contribution in [3.8, 4) is 22.4 Å². The zero-order chi connectivity index (χ0) is 19.8. The SMILES string of the molecule is FC(F)(F)c1ccccc1-c1ccc(Cl)nc1-c1ccccc1C(F)(F)F. The lowest BCUT2D eigenvalue weighted by Crippen LogP contribution is -2.09. The van der Waals surface area contributed by atoms with Gasteiger partial charge >= 0.3 is 12.4 Å². The van der Waals surface area contributed by atoms with Crippen LogP contribution in [0.15, 0.2) is 60.7 Å². The second-order valence-electron chi connectivity index (χ2n) is 5.62. The molecule has 3 aromatic rings. The highest BCUT2D eigenvalue weighted by Gasteiger charge is 2.36. The van der Waals surface area contributed by atoms with Gasteiger partial charge in [-0.1, -0.05) is 48.0 Å². The molecule has 1 nitrogen and oxygen atoms in total. The molecule has 0 radical (unpaired) electrons. The van der Waals surface area contributed by atoms with Crippen molar-refractivity contribution in [3.05, 3.63) is 76.9 Å². The van der Waals surface area contributed by atoms with Gasteiger partial charge in [-0.15, -0.1) is 0 Å². The normalized spacial score (nSPS) is 12.3. The molecule has 27 heavy (non-hydrogen) atoms. The van der Waals surface area contributed by atoms with E-state index < -0.39 is 23.5 Å². The Hall–Kier alpha value is -2.54. The molecular formula is C19H10ClF6N. The molecule has 0 spiro atoms. The number of halogens is 7. The van der Waals surface area contributed by atoms with E-state index in [1.807, 2.05) is 0 Å². The highest BCUT2D eigenvalue weighted by molar-refractivity contribution is 6.29. The summed E-state index contributed by atoms with van der Waals surface area (Å²) >= 11 is 5.84. The molecule has 0 saturated carbocycles. The number of alkyl halides is 6. The van der Waals surface area contributed by atoms with Crippen LogP contribution >= 0.6 is 11.6 Å². The monoisotopic (exact) mass is 401 g/mol. The van der Waals surface area contributed by atoms with Crippen molar-refractivity contribution in [3.63, 3.8) is 0 Å². The fraction of sp³-hybridized carbons (Fsp3) is 0.105. The molecule has 0 N–H and O–H groups in total. The molecule has 0 amide bonds. The smallest absolute Gasteiger partial charge is 0.235 e. The van der Waals surface area contributed by atoms with Crippen molar-refractivity contribution in [1.82, 2.24) is 4.98 Å². The Morgan fingerprint density at radius 3 is 1.63 bits per heavy atom. The predicted octanol–water partition coefficient (Wildman–Crippen LogP) is 7.11. The van der Waals surface area contributed by atoms with Crippen LogP contribution in [-0.2, 0) is 12.4 Å². The van der Waals surface area contributed by atoms with Crippen LogP contribution in [-0.4, -0.2) is 4.98 Å². The molecule has 0 aliphatic carbocycles. The van der Waals surface area contributed by atoms with Gasteiger partial charge in [-0.2, -0.15) is 26.3 Å². The van der Waals surface area contributed by atoms with Gasteiger partial charge in [0.1, 0.15) is 5.15 Å². The molecule has 140 valence electrons. The number of benzene rings is 2. The highest BCUT2D eigenvalue weighted by Crippen LogP contribution is 2.43. The third kappa shape index (κ3) is 3.93. The van der Waals surface area contributed by atoms with Gasteiger partial charge in [-0.25, -0.2) is 4.98 Å². The van der Waals surface area contributed by atoms with Crippen LogP contribution < -0.4 is 0 Å². The summed E-state index contributed by atoms with van der Waals surface area (Å²) in [7, 11) is 0. The highest BCUT2D eigenvalue weighted by atomic mass is 35.5. The molecule has 0 unspecified atom stereocenters. The van der Waals surface area contributed by atoms with E-state index in [1.165, 1.54) is 42.5 Å². The second kappa shape index (κ2) is 6.88. The minimum Gasteiger partial charge on any atom is -0.235 e. The minimum absolute atomic E-state index is 0.0935. The van der Waals surface area contributed by atoms with E-state index in [-0.39, 0.29) is 27.5 Å². The molecule has 0 saturated heterocycles. The second-order valence-corrected chi connectivity index (χ2v) is 6.00. The van der Waals surface area contributed by atoms with Crippen LogP contribution in [0, 0.1) is 0 Å². The molecular weight excluding hydrogens is 392 g/mol. The van der Waals surface area contributed by atoms with E-state index >= 15 is 0 Å². The first kappa shape index (κ1) is 19.2. The zero-order valence-corrected chi connectivity index (χ0v) is 14.1. The molecule has 3 rings (SSSR count). The van der Waals surface area contributed by atoms with Crippen molar-refractivity contribution in [2.75, 3.05) is 0 Å². The van der Waals surface area contributed by atoms with E-state index in [9.17, 15) is 26.3 Å². The zero-order valence-electron chi connectivity index (χ0n) is 13.4. The molecule has 0 fully saturated rings. The quantitative estimate of drug-likeness (QED) is 0.329. The van der Waals surface area contributed by atoms with Crippen LogP contribution in [0.2, 0.25) is 5.15 Å². The molecule has 0 aliphatic heterocycles. The third-order valence-corrected chi connectivity index (χ3v) is 4.08. The number of rotatable bonds is 2. The van der Waals surface area contributed by atoms with Crippen LogP contribution in [0.3, 0.4) is 0 Å². The Morgan fingerprint density at radius 2 is 1.07 bits per heavy atom. The van der Waals surface area contributed by atoms with Crippen LogP contribution in [0.4, 0.5) is 26.3 Å².